The van der Waals surface area contributed by atoms with Gasteiger partial charge in [-0.25, -0.2) is 21.6 Å². The predicted octanol–water partition coefficient (Wildman–Crippen LogP) is 3.12. The highest BCUT2D eigenvalue weighted by atomic mass is 32.2. The van der Waals surface area contributed by atoms with Gasteiger partial charge in [-0.1, -0.05) is 42.5 Å². The third-order valence-electron chi connectivity index (χ3n) is 4.42. The van der Waals surface area contributed by atoms with Gasteiger partial charge in [-0.05, 0) is 17.7 Å². The summed E-state index contributed by atoms with van der Waals surface area (Å²) in [6.45, 7) is 1.88. The van der Waals surface area contributed by atoms with Gasteiger partial charge in [0.15, 0.2) is 17.5 Å². The first-order valence-electron chi connectivity index (χ1n) is 8.47. The van der Waals surface area contributed by atoms with Crippen molar-refractivity contribution in [2.24, 2.45) is 0 Å². The monoisotopic (exact) mass is 396 g/mol. The zero-order valence-electron chi connectivity index (χ0n) is 14.5. The largest absolute Gasteiger partial charge is 0.297 e. The molecule has 1 heterocycles. The lowest BCUT2D eigenvalue weighted by atomic mass is 10.2. The highest BCUT2D eigenvalue weighted by molar-refractivity contribution is 7.89. The van der Waals surface area contributed by atoms with Crippen LogP contribution in [0.1, 0.15) is 5.56 Å². The summed E-state index contributed by atoms with van der Waals surface area (Å²) in [6, 6.07) is 11.2. The van der Waals surface area contributed by atoms with E-state index in [4.69, 9.17) is 0 Å². The Labute approximate surface area is 156 Å². The van der Waals surface area contributed by atoms with Gasteiger partial charge in [0.25, 0.3) is 0 Å². The molecule has 8 heteroatoms. The molecule has 0 spiro atoms. The van der Waals surface area contributed by atoms with Crippen LogP contribution in [0.15, 0.2) is 53.4 Å². The SMILES string of the molecule is O=S(=O)(c1ccc(F)c(F)c1F)N1CCN(C/C=C/c2ccccc2)CC1. The molecule has 0 bridgehead atoms. The van der Waals surface area contributed by atoms with E-state index in [1.54, 1.807) is 0 Å². The van der Waals surface area contributed by atoms with E-state index >= 15 is 0 Å². The fourth-order valence-electron chi connectivity index (χ4n) is 2.90. The first kappa shape index (κ1) is 19.6. The van der Waals surface area contributed by atoms with Crippen LogP contribution in [0.2, 0.25) is 0 Å². The van der Waals surface area contributed by atoms with Crippen LogP contribution in [0.5, 0.6) is 0 Å². The number of halogens is 3. The Morgan fingerprint density at radius 2 is 1.56 bits per heavy atom. The first-order chi connectivity index (χ1) is 12.9. The molecule has 1 fully saturated rings. The first-order valence-corrected chi connectivity index (χ1v) is 9.91. The Morgan fingerprint density at radius 3 is 2.22 bits per heavy atom. The lowest BCUT2D eigenvalue weighted by Gasteiger charge is -2.33. The van der Waals surface area contributed by atoms with Gasteiger partial charge in [-0.3, -0.25) is 4.90 Å². The molecule has 2 aromatic rings. The molecule has 1 aliphatic heterocycles. The fraction of sp³-hybridized carbons (Fsp3) is 0.263. The van der Waals surface area contributed by atoms with Crippen molar-refractivity contribution in [2.75, 3.05) is 32.7 Å². The van der Waals surface area contributed by atoms with Crippen LogP contribution in [-0.4, -0.2) is 50.3 Å². The van der Waals surface area contributed by atoms with E-state index in [9.17, 15) is 21.6 Å². The third kappa shape index (κ3) is 4.40. The van der Waals surface area contributed by atoms with Crippen molar-refractivity contribution < 1.29 is 21.6 Å². The molecular formula is C19H19F3N2O2S. The maximum absolute atomic E-state index is 13.9. The van der Waals surface area contributed by atoms with Crippen LogP contribution in [-0.2, 0) is 10.0 Å². The average Bonchev–Trinajstić information content (AvgIpc) is 2.67. The molecule has 0 saturated carbocycles. The Bertz CT molecular complexity index is 925. The smallest absolute Gasteiger partial charge is 0.246 e. The number of hydrogen-bond donors (Lipinski definition) is 0. The van der Waals surface area contributed by atoms with Crippen molar-refractivity contribution in [2.45, 2.75) is 4.90 Å². The average molecular weight is 396 g/mol. The van der Waals surface area contributed by atoms with E-state index < -0.39 is 32.4 Å². The van der Waals surface area contributed by atoms with E-state index in [1.165, 1.54) is 0 Å². The van der Waals surface area contributed by atoms with Gasteiger partial charge >= 0.3 is 0 Å². The maximum atomic E-state index is 13.9. The van der Waals surface area contributed by atoms with Crippen molar-refractivity contribution in [3.63, 3.8) is 0 Å². The third-order valence-corrected chi connectivity index (χ3v) is 6.34. The Kier molecular flexibility index (Phi) is 5.98. The summed E-state index contributed by atoms with van der Waals surface area (Å²) in [5.41, 5.74) is 1.08. The summed E-state index contributed by atoms with van der Waals surface area (Å²) in [4.78, 5) is 1.23. The van der Waals surface area contributed by atoms with Crippen molar-refractivity contribution in [1.82, 2.24) is 9.21 Å². The molecule has 0 unspecified atom stereocenters. The summed E-state index contributed by atoms with van der Waals surface area (Å²) in [7, 11) is -4.21. The van der Waals surface area contributed by atoms with E-state index in [-0.39, 0.29) is 13.1 Å². The minimum absolute atomic E-state index is 0.153. The topological polar surface area (TPSA) is 40.6 Å². The second kappa shape index (κ2) is 8.24. The van der Waals surface area contributed by atoms with Crippen molar-refractivity contribution in [1.29, 1.82) is 0 Å². The summed E-state index contributed by atoms with van der Waals surface area (Å²) in [6.07, 6.45) is 3.98. The van der Waals surface area contributed by atoms with Crippen molar-refractivity contribution in [3.05, 3.63) is 71.6 Å². The van der Waals surface area contributed by atoms with E-state index in [1.807, 2.05) is 42.5 Å². The number of piperazine rings is 1. The molecule has 2 aromatic carbocycles. The van der Waals surface area contributed by atoms with Crippen LogP contribution in [0, 0.1) is 17.5 Å². The number of rotatable bonds is 5. The van der Waals surface area contributed by atoms with Gasteiger partial charge in [-0.2, -0.15) is 4.31 Å². The maximum Gasteiger partial charge on any atom is 0.246 e. The molecule has 0 radical (unpaired) electrons. The standard InChI is InChI=1S/C19H19F3N2O2S/c20-16-8-9-17(19(22)18(16)21)27(25,26)24-13-11-23(12-14-24)10-4-7-15-5-2-1-3-6-15/h1-9H,10-14H2/b7-4+. The van der Waals surface area contributed by atoms with E-state index in [2.05, 4.69) is 4.90 Å². The van der Waals surface area contributed by atoms with Gasteiger partial charge < -0.3 is 0 Å². The number of sulfonamides is 1. The van der Waals surface area contributed by atoms with Crippen LogP contribution in [0.3, 0.4) is 0 Å². The second-order valence-corrected chi connectivity index (χ2v) is 8.10. The van der Waals surface area contributed by atoms with Gasteiger partial charge in [0.1, 0.15) is 4.90 Å². The Hall–Kier alpha value is -2.16. The zero-order chi connectivity index (χ0) is 19.4. The molecule has 4 nitrogen and oxygen atoms in total. The number of hydrogen-bond acceptors (Lipinski definition) is 3. The van der Waals surface area contributed by atoms with E-state index in [0.717, 1.165) is 15.9 Å². The fourth-order valence-corrected chi connectivity index (χ4v) is 4.38. The Balaban J connectivity index is 1.61. The molecule has 3 rings (SSSR count). The Morgan fingerprint density at radius 1 is 0.889 bits per heavy atom. The molecule has 0 aromatic heterocycles. The number of nitrogens with zero attached hydrogens (tertiary/aromatic N) is 2. The highest BCUT2D eigenvalue weighted by Crippen LogP contribution is 2.24. The van der Waals surface area contributed by atoms with Crippen LogP contribution in [0.4, 0.5) is 13.2 Å². The molecule has 0 N–H and O–H groups in total. The molecule has 144 valence electrons. The summed E-state index contributed by atoms with van der Waals surface area (Å²) >= 11 is 0. The molecule has 0 amide bonds. The van der Waals surface area contributed by atoms with Gasteiger partial charge in [0.05, 0.1) is 0 Å². The minimum Gasteiger partial charge on any atom is -0.297 e. The van der Waals surface area contributed by atoms with Crippen molar-refractivity contribution >= 4 is 16.1 Å². The van der Waals surface area contributed by atoms with Gasteiger partial charge in [0.2, 0.25) is 10.0 Å². The molecule has 0 atom stereocenters. The minimum atomic E-state index is -4.21. The predicted molar refractivity (Wildman–Crippen MR) is 97.0 cm³/mol. The molecule has 0 aliphatic carbocycles. The molecule has 27 heavy (non-hydrogen) atoms. The van der Waals surface area contributed by atoms with Crippen LogP contribution >= 0.6 is 0 Å². The highest BCUT2D eigenvalue weighted by Gasteiger charge is 2.32. The summed E-state index contributed by atoms with van der Waals surface area (Å²) < 4.78 is 66.5. The second-order valence-electron chi connectivity index (χ2n) is 6.19. The van der Waals surface area contributed by atoms with Gasteiger partial charge in [0, 0.05) is 32.7 Å². The molecular weight excluding hydrogens is 377 g/mol. The summed E-state index contributed by atoms with van der Waals surface area (Å²) in [5, 5.41) is 0. The zero-order valence-corrected chi connectivity index (χ0v) is 15.3. The van der Waals surface area contributed by atoms with Crippen LogP contribution < -0.4 is 0 Å². The lowest BCUT2D eigenvalue weighted by molar-refractivity contribution is 0.204. The lowest BCUT2D eigenvalue weighted by Crippen LogP contribution is -2.48. The summed E-state index contributed by atoms with van der Waals surface area (Å²) in [5.74, 6) is -4.87. The van der Waals surface area contributed by atoms with Crippen molar-refractivity contribution in [3.8, 4) is 0 Å². The number of benzene rings is 2. The molecule has 1 saturated heterocycles. The normalized spacial score (nSPS) is 16.9. The van der Waals surface area contributed by atoms with E-state index in [0.29, 0.717) is 25.7 Å². The van der Waals surface area contributed by atoms with Crippen LogP contribution in [0.25, 0.3) is 6.08 Å². The molecule has 1 aliphatic rings. The quantitative estimate of drug-likeness (QED) is 0.730. The van der Waals surface area contributed by atoms with Gasteiger partial charge in [-0.15, -0.1) is 0 Å².